The van der Waals surface area contributed by atoms with Gasteiger partial charge in [-0.05, 0) is 26.0 Å². The van der Waals surface area contributed by atoms with Crippen molar-refractivity contribution in [3.63, 3.8) is 0 Å². The summed E-state index contributed by atoms with van der Waals surface area (Å²) in [6, 6.07) is 6.65. The van der Waals surface area contributed by atoms with E-state index in [2.05, 4.69) is 10.3 Å². The van der Waals surface area contributed by atoms with Gasteiger partial charge in [0.1, 0.15) is 5.41 Å². The molecule has 0 aliphatic carbocycles. The third-order valence-corrected chi connectivity index (χ3v) is 3.82. The number of nitrogens with one attached hydrogen (secondary N) is 1. The summed E-state index contributed by atoms with van der Waals surface area (Å²) >= 11 is 1.08. The molecular formula is C15H12F3N3OS. The summed E-state index contributed by atoms with van der Waals surface area (Å²) in [5.41, 5.74) is -1.36. The molecule has 1 aromatic carbocycles. The van der Waals surface area contributed by atoms with Crippen LogP contribution in [0, 0.1) is 16.7 Å². The number of nitrogens with zero attached hydrogens (tertiary/aromatic N) is 2. The SMILES string of the molecule is CC(C)(C#N)C(=O)Nc1nc(-c2cccc(C(F)(F)F)c2)cs1. The van der Waals surface area contributed by atoms with Crippen molar-refractivity contribution in [1.29, 1.82) is 5.26 Å². The number of thiazole rings is 1. The van der Waals surface area contributed by atoms with E-state index in [9.17, 15) is 18.0 Å². The van der Waals surface area contributed by atoms with Crippen LogP contribution >= 0.6 is 11.3 Å². The largest absolute Gasteiger partial charge is 0.416 e. The third-order valence-electron chi connectivity index (χ3n) is 3.06. The van der Waals surface area contributed by atoms with Gasteiger partial charge in [0.15, 0.2) is 5.13 Å². The molecule has 2 aromatic rings. The number of alkyl halides is 3. The van der Waals surface area contributed by atoms with E-state index >= 15 is 0 Å². The molecular weight excluding hydrogens is 327 g/mol. The Bertz CT molecular complexity index is 775. The van der Waals surface area contributed by atoms with Gasteiger partial charge in [-0.2, -0.15) is 18.4 Å². The maximum absolute atomic E-state index is 12.7. The molecule has 23 heavy (non-hydrogen) atoms. The topological polar surface area (TPSA) is 65.8 Å². The van der Waals surface area contributed by atoms with Gasteiger partial charge in [-0.15, -0.1) is 11.3 Å². The smallest absolute Gasteiger partial charge is 0.301 e. The van der Waals surface area contributed by atoms with Gasteiger partial charge in [-0.1, -0.05) is 12.1 Å². The minimum atomic E-state index is -4.43. The first-order chi connectivity index (χ1) is 10.6. The lowest BCUT2D eigenvalue weighted by molar-refractivity contribution is -0.137. The van der Waals surface area contributed by atoms with Crippen molar-refractivity contribution in [2.24, 2.45) is 5.41 Å². The lowest BCUT2D eigenvalue weighted by atomic mass is 9.95. The first-order valence-electron chi connectivity index (χ1n) is 6.49. The van der Waals surface area contributed by atoms with Gasteiger partial charge in [0, 0.05) is 10.9 Å². The van der Waals surface area contributed by atoms with Crippen LogP contribution in [0.25, 0.3) is 11.3 Å². The molecule has 8 heteroatoms. The molecule has 1 aromatic heterocycles. The van der Waals surface area contributed by atoms with Crippen molar-refractivity contribution in [3.8, 4) is 17.3 Å². The minimum Gasteiger partial charge on any atom is -0.301 e. The van der Waals surface area contributed by atoms with Crippen LogP contribution in [0.4, 0.5) is 18.3 Å². The summed E-state index contributed by atoms with van der Waals surface area (Å²) in [6.45, 7) is 2.92. The molecule has 2 rings (SSSR count). The van der Waals surface area contributed by atoms with Crippen LogP contribution in [0.15, 0.2) is 29.6 Å². The lowest BCUT2D eigenvalue weighted by Crippen LogP contribution is -2.29. The first kappa shape index (κ1) is 17.0. The van der Waals surface area contributed by atoms with Gasteiger partial charge in [-0.25, -0.2) is 4.98 Å². The van der Waals surface area contributed by atoms with Crippen LogP contribution in [0.5, 0.6) is 0 Å². The quantitative estimate of drug-likeness (QED) is 0.906. The van der Waals surface area contributed by atoms with Crippen LogP contribution in [0.2, 0.25) is 0 Å². The van der Waals surface area contributed by atoms with Crippen molar-refractivity contribution < 1.29 is 18.0 Å². The van der Waals surface area contributed by atoms with E-state index in [1.807, 2.05) is 6.07 Å². The summed E-state index contributed by atoms with van der Waals surface area (Å²) in [5, 5.41) is 13.2. The first-order valence-corrected chi connectivity index (χ1v) is 7.37. The molecule has 0 unspecified atom stereocenters. The Morgan fingerprint density at radius 2 is 2.04 bits per heavy atom. The van der Waals surface area contributed by atoms with E-state index in [0.29, 0.717) is 11.3 Å². The number of anilines is 1. The normalized spacial score (nSPS) is 11.8. The molecule has 4 nitrogen and oxygen atoms in total. The monoisotopic (exact) mass is 339 g/mol. The maximum atomic E-state index is 12.7. The van der Waals surface area contributed by atoms with Crippen LogP contribution in [-0.4, -0.2) is 10.9 Å². The number of rotatable bonds is 3. The van der Waals surface area contributed by atoms with E-state index in [-0.39, 0.29) is 5.13 Å². The number of carbonyl (C=O) groups is 1. The molecule has 0 atom stereocenters. The van der Waals surface area contributed by atoms with E-state index in [4.69, 9.17) is 5.26 Å². The molecule has 0 aliphatic heterocycles. The summed E-state index contributed by atoms with van der Waals surface area (Å²) in [7, 11) is 0. The van der Waals surface area contributed by atoms with Crippen LogP contribution in [0.3, 0.4) is 0 Å². The highest BCUT2D eigenvalue weighted by Gasteiger charge is 2.31. The second-order valence-corrected chi connectivity index (χ2v) is 6.17. The zero-order valence-corrected chi connectivity index (χ0v) is 13.0. The molecule has 0 saturated heterocycles. The number of halogens is 3. The number of amides is 1. The van der Waals surface area contributed by atoms with Gasteiger partial charge in [0.05, 0.1) is 17.3 Å². The van der Waals surface area contributed by atoms with Gasteiger partial charge in [-0.3, -0.25) is 4.79 Å². The molecule has 1 amide bonds. The summed E-state index contributed by atoms with van der Waals surface area (Å²) in [6.07, 6.45) is -4.43. The van der Waals surface area contributed by atoms with E-state index in [1.165, 1.54) is 26.0 Å². The molecule has 0 aliphatic rings. The Morgan fingerprint density at radius 3 is 2.65 bits per heavy atom. The van der Waals surface area contributed by atoms with E-state index in [1.54, 1.807) is 5.38 Å². The average molecular weight is 339 g/mol. The van der Waals surface area contributed by atoms with Crippen LogP contribution in [-0.2, 0) is 11.0 Å². The Morgan fingerprint density at radius 1 is 1.35 bits per heavy atom. The second kappa shape index (κ2) is 6.01. The van der Waals surface area contributed by atoms with Crippen molar-refractivity contribution in [2.45, 2.75) is 20.0 Å². The number of nitriles is 1. The molecule has 0 saturated carbocycles. The number of aromatic nitrogens is 1. The number of hydrogen-bond donors (Lipinski definition) is 1. The average Bonchev–Trinajstić information content (AvgIpc) is 2.95. The molecule has 120 valence electrons. The molecule has 0 fully saturated rings. The Labute approximate surface area is 134 Å². The Hall–Kier alpha value is -2.40. The van der Waals surface area contributed by atoms with Crippen LogP contribution < -0.4 is 5.32 Å². The summed E-state index contributed by atoms with van der Waals surface area (Å²) in [5.74, 6) is -0.523. The molecule has 0 radical (unpaired) electrons. The van der Waals surface area contributed by atoms with Crippen LogP contribution in [0.1, 0.15) is 19.4 Å². The van der Waals surface area contributed by atoms with Gasteiger partial charge in [0.2, 0.25) is 5.91 Å². The number of benzene rings is 1. The van der Waals surface area contributed by atoms with Gasteiger partial charge < -0.3 is 5.32 Å². The minimum absolute atomic E-state index is 0.228. The number of hydrogen-bond acceptors (Lipinski definition) is 4. The highest BCUT2D eigenvalue weighted by Crippen LogP contribution is 2.33. The van der Waals surface area contributed by atoms with Crippen molar-refractivity contribution in [1.82, 2.24) is 4.98 Å². The molecule has 1 N–H and O–H groups in total. The van der Waals surface area contributed by atoms with Gasteiger partial charge >= 0.3 is 6.18 Å². The Kier molecular flexibility index (Phi) is 4.43. The molecule has 0 bridgehead atoms. The Balaban J connectivity index is 2.24. The highest BCUT2D eigenvalue weighted by molar-refractivity contribution is 7.14. The molecule has 0 spiro atoms. The van der Waals surface area contributed by atoms with Crippen molar-refractivity contribution in [3.05, 3.63) is 35.2 Å². The number of carbonyl (C=O) groups excluding carboxylic acids is 1. The van der Waals surface area contributed by atoms with E-state index in [0.717, 1.165) is 23.5 Å². The summed E-state index contributed by atoms with van der Waals surface area (Å²) < 4.78 is 38.2. The van der Waals surface area contributed by atoms with Crippen molar-refractivity contribution >= 4 is 22.4 Å². The predicted molar refractivity (Wildman–Crippen MR) is 80.6 cm³/mol. The van der Waals surface area contributed by atoms with E-state index < -0.39 is 23.1 Å². The third kappa shape index (κ3) is 3.87. The maximum Gasteiger partial charge on any atom is 0.416 e. The highest BCUT2D eigenvalue weighted by atomic mass is 32.1. The standard InChI is InChI=1S/C15H12F3N3OS/c1-14(2,8-19)12(22)21-13-20-11(7-23-13)9-4-3-5-10(6-9)15(16,17)18/h3-7H,1-2H3,(H,20,21,22). The second-order valence-electron chi connectivity index (χ2n) is 5.31. The fourth-order valence-corrected chi connectivity index (χ4v) is 2.34. The predicted octanol–water partition coefficient (Wildman–Crippen LogP) is 4.32. The van der Waals surface area contributed by atoms with Gasteiger partial charge in [0.25, 0.3) is 0 Å². The summed E-state index contributed by atoms with van der Waals surface area (Å²) in [4.78, 5) is 16.0. The zero-order chi connectivity index (χ0) is 17.3. The fourth-order valence-electron chi connectivity index (χ4n) is 1.62. The molecule has 1 heterocycles. The van der Waals surface area contributed by atoms with Crippen molar-refractivity contribution in [2.75, 3.05) is 5.32 Å². The fraction of sp³-hybridized carbons (Fsp3) is 0.267. The zero-order valence-electron chi connectivity index (χ0n) is 12.2. The lowest BCUT2D eigenvalue weighted by Gasteiger charge is -2.12.